The van der Waals surface area contributed by atoms with E-state index in [2.05, 4.69) is 31.4 Å². The van der Waals surface area contributed by atoms with Crippen LogP contribution in [-0.2, 0) is 0 Å². The van der Waals surface area contributed by atoms with Crippen molar-refractivity contribution in [2.75, 3.05) is 6.67 Å². The Balaban J connectivity index is 1.73. The third-order valence-corrected chi connectivity index (χ3v) is 4.18. The molecule has 0 fully saturated rings. The molecule has 138 valence electrons. The summed E-state index contributed by atoms with van der Waals surface area (Å²) in [7, 11) is 0. The average molecular weight is 364 g/mol. The Hall–Kier alpha value is -3.23. The van der Waals surface area contributed by atoms with Crippen molar-refractivity contribution in [2.24, 2.45) is 4.99 Å². The van der Waals surface area contributed by atoms with Gasteiger partial charge in [0.25, 0.3) is 5.91 Å². The van der Waals surface area contributed by atoms with Crippen molar-refractivity contribution >= 4 is 22.6 Å². The summed E-state index contributed by atoms with van der Waals surface area (Å²) in [4.78, 5) is 16.7. The van der Waals surface area contributed by atoms with Crippen LogP contribution in [0, 0.1) is 0 Å². The molecular formula is C19H20N6O2. The Morgan fingerprint density at radius 2 is 2.04 bits per heavy atom. The van der Waals surface area contributed by atoms with Crippen LogP contribution >= 0.6 is 0 Å². The highest BCUT2D eigenvalue weighted by Gasteiger charge is 2.18. The molecule has 3 aromatic rings. The topological polar surface area (TPSA) is 114 Å². The average Bonchev–Trinajstić information content (AvgIpc) is 3.29. The summed E-state index contributed by atoms with van der Waals surface area (Å²) in [6.07, 6.45) is 0. The van der Waals surface area contributed by atoms with E-state index in [-0.39, 0.29) is 5.91 Å². The van der Waals surface area contributed by atoms with Crippen LogP contribution < -0.4 is 16.2 Å². The van der Waals surface area contributed by atoms with Gasteiger partial charge in [-0.25, -0.2) is 10.4 Å². The van der Waals surface area contributed by atoms with Crippen LogP contribution in [0.25, 0.3) is 22.2 Å². The van der Waals surface area contributed by atoms with Gasteiger partial charge in [-0.05, 0) is 44.2 Å². The van der Waals surface area contributed by atoms with Gasteiger partial charge in [0.05, 0.1) is 11.2 Å². The van der Waals surface area contributed by atoms with E-state index in [9.17, 15) is 9.90 Å². The second-order valence-electron chi connectivity index (χ2n) is 6.89. The standard InChI is InChI=1S/C19H20N6O2/c1-19(2,27)22-18(26)13-5-3-4-11(8-13)16-14-9-12(17-20-10-21-25-17)6-7-15(14)23-24-16/h3-9,21,27H,10H2,1-2H3,(H,20,25)(H,22,26)(H,23,24). The maximum Gasteiger partial charge on any atom is 0.253 e. The van der Waals surface area contributed by atoms with Gasteiger partial charge in [-0.1, -0.05) is 12.1 Å². The third kappa shape index (κ3) is 3.53. The van der Waals surface area contributed by atoms with Gasteiger partial charge in [0.2, 0.25) is 0 Å². The van der Waals surface area contributed by atoms with Gasteiger partial charge < -0.3 is 15.8 Å². The molecule has 1 amide bonds. The number of aromatic amines is 1. The zero-order valence-electron chi connectivity index (χ0n) is 15.0. The number of aromatic nitrogens is 2. The number of aliphatic imine (C=N–C) groups is 1. The zero-order valence-corrected chi connectivity index (χ0v) is 15.0. The van der Waals surface area contributed by atoms with Crippen LogP contribution in [0.15, 0.2) is 47.5 Å². The molecular weight excluding hydrogens is 344 g/mol. The smallest absolute Gasteiger partial charge is 0.253 e. The first-order chi connectivity index (χ1) is 12.9. The molecule has 8 nitrogen and oxygen atoms in total. The number of aliphatic hydroxyl groups is 1. The fourth-order valence-electron chi connectivity index (χ4n) is 2.98. The lowest BCUT2D eigenvalue weighted by Gasteiger charge is -2.19. The SMILES string of the molecule is CC(C)(O)NC(=O)c1cccc(-c2n[nH]c3ccc(C4=NCNN4)cc23)c1. The van der Waals surface area contributed by atoms with Crippen molar-refractivity contribution in [2.45, 2.75) is 19.6 Å². The maximum absolute atomic E-state index is 12.3. The molecule has 0 unspecified atom stereocenters. The molecule has 5 N–H and O–H groups in total. The van der Waals surface area contributed by atoms with Gasteiger partial charge >= 0.3 is 0 Å². The molecule has 0 saturated heterocycles. The highest BCUT2D eigenvalue weighted by atomic mass is 16.3. The zero-order chi connectivity index (χ0) is 19.0. The minimum Gasteiger partial charge on any atom is -0.372 e. The van der Waals surface area contributed by atoms with Crippen molar-refractivity contribution in [3.8, 4) is 11.3 Å². The van der Waals surface area contributed by atoms with E-state index >= 15 is 0 Å². The van der Waals surface area contributed by atoms with Gasteiger partial charge in [0, 0.05) is 22.1 Å². The van der Waals surface area contributed by atoms with Crippen LogP contribution in [0.2, 0.25) is 0 Å². The predicted octanol–water partition coefficient (Wildman–Crippen LogP) is 1.50. The molecule has 2 aromatic carbocycles. The van der Waals surface area contributed by atoms with Gasteiger partial charge in [0.1, 0.15) is 18.2 Å². The molecule has 27 heavy (non-hydrogen) atoms. The van der Waals surface area contributed by atoms with E-state index in [1.807, 2.05) is 24.3 Å². The number of nitrogens with zero attached hydrogens (tertiary/aromatic N) is 2. The minimum absolute atomic E-state index is 0.347. The highest BCUT2D eigenvalue weighted by molar-refractivity contribution is 6.04. The van der Waals surface area contributed by atoms with E-state index in [1.165, 1.54) is 13.8 Å². The van der Waals surface area contributed by atoms with Crippen molar-refractivity contribution in [3.63, 3.8) is 0 Å². The lowest BCUT2D eigenvalue weighted by molar-refractivity contribution is 0.0376. The van der Waals surface area contributed by atoms with Gasteiger partial charge in [0.15, 0.2) is 0 Å². The van der Waals surface area contributed by atoms with E-state index < -0.39 is 5.72 Å². The van der Waals surface area contributed by atoms with Crippen molar-refractivity contribution < 1.29 is 9.90 Å². The monoisotopic (exact) mass is 364 g/mol. The number of hydrazine groups is 1. The number of rotatable bonds is 4. The molecule has 0 radical (unpaired) electrons. The van der Waals surface area contributed by atoms with Gasteiger partial charge in [-0.3, -0.25) is 9.89 Å². The van der Waals surface area contributed by atoms with Crippen LogP contribution in [0.5, 0.6) is 0 Å². The second kappa shape index (κ2) is 6.49. The molecule has 0 spiro atoms. The van der Waals surface area contributed by atoms with Crippen LogP contribution in [0.1, 0.15) is 29.8 Å². The van der Waals surface area contributed by atoms with E-state index in [4.69, 9.17) is 0 Å². The number of hydrogen-bond acceptors (Lipinski definition) is 6. The Labute approximate surface area is 155 Å². The largest absolute Gasteiger partial charge is 0.372 e. The Morgan fingerprint density at radius 3 is 2.78 bits per heavy atom. The summed E-state index contributed by atoms with van der Waals surface area (Å²) < 4.78 is 0. The van der Waals surface area contributed by atoms with E-state index in [1.54, 1.807) is 18.2 Å². The molecule has 0 bridgehead atoms. The lowest BCUT2D eigenvalue weighted by atomic mass is 10.0. The third-order valence-electron chi connectivity index (χ3n) is 4.18. The summed E-state index contributed by atoms with van der Waals surface area (Å²) >= 11 is 0. The quantitative estimate of drug-likeness (QED) is 0.450. The minimum atomic E-state index is -1.29. The molecule has 0 saturated carbocycles. The number of benzene rings is 2. The van der Waals surface area contributed by atoms with E-state index in [0.717, 1.165) is 33.6 Å². The molecule has 1 aliphatic heterocycles. The first-order valence-electron chi connectivity index (χ1n) is 8.58. The summed E-state index contributed by atoms with van der Waals surface area (Å²) in [6.45, 7) is 3.57. The molecule has 4 rings (SSSR count). The predicted molar refractivity (Wildman–Crippen MR) is 103 cm³/mol. The van der Waals surface area contributed by atoms with Crippen LogP contribution in [0.4, 0.5) is 0 Å². The van der Waals surface area contributed by atoms with Crippen LogP contribution in [0.3, 0.4) is 0 Å². The molecule has 0 atom stereocenters. The Morgan fingerprint density at radius 1 is 1.19 bits per heavy atom. The van der Waals surface area contributed by atoms with Crippen molar-refractivity contribution in [1.82, 2.24) is 26.4 Å². The molecule has 1 aromatic heterocycles. The summed E-state index contributed by atoms with van der Waals surface area (Å²) in [5, 5.41) is 20.7. The summed E-state index contributed by atoms with van der Waals surface area (Å²) in [5.41, 5.74) is 8.55. The number of amides is 1. The molecule has 0 aliphatic carbocycles. The number of amidine groups is 1. The maximum atomic E-state index is 12.3. The van der Waals surface area contributed by atoms with Gasteiger partial charge in [-0.2, -0.15) is 5.10 Å². The van der Waals surface area contributed by atoms with E-state index in [0.29, 0.717) is 12.2 Å². The van der Waals surface area contributed by atoms with Crippen LogP contribution in [-0.4, -0.2) is 39.4 Å². The Bertz CT molecular complexity index is 1050. The number of carbonyl (C=O) groups is 1. The van der Waals surface area contributed by atoms with Crippen molar-refractivity contribution in [1.29, 1.82) is 0 Å². The normalized spacial score (nSPS) is 14.1. The number of H-pyrrole nitrogens is 1. The summed E-state index contributed by atoms with van der Waals surface area (Å²) in [6, 6.07) is 13.1. The van der Waals surface area contributed by atoms with Crippen molar-refractivity contribution in [3.05, 3.63) is 53.6 Å². The highest BCUT2D eigenvalue weighted by Crippen LogP contribution is 2.28. The molecule has 2 heterocycles. The van der Waals surface area contributed by atoms with Gasteiger partial charge in [-0.15, -0.1) is 0 Å². The number of carbonyl (C=O) groups excluding carboxylic acids is 1. The first-order valence-corrected chi connectivity index (χ1v) is 8.58. The Kier molecular flexibility index (Phi) is 4.14. The number of nitrogens with one attached hydrogen (secondary N) is 4. The second-order valence-corrected chi connectivity index (χ2v) is 6.89. The molecule has 1 aliphatic rings. The number of hydrogen-bond donors (Lipinski definition) is 5. The first kappa shape index (κ1) is 17.2. The number of fused-ring (bicyclic) bond motifs is 1. The summed E-state index contributed by atoms with van der Waals surface area (Å²) in [5.74, 6) is 0.433. The fraction of sp³-hybridized carbons (Fsp3) is 0.211. The lowest BCUT2D eigenvalue weighted by Crippen LogP contribution is -2.43. The molecule has 8 heteroatoms. The fourth-order valence-corrected chi connectivity index (χ4v) is 2.98.